The first-order valence-corrected chi connectivity index (χ1v) is 8.60. The maximum atomic E-state index is 7.75. The zero-order valence-corrected chi connectivity index (χ0v) is 14.9. The molecule has 0 radical (unpaired) electrons. The molecule has 0 bridgehead atoms. The molecule has 7 heteroatoms. The van der Waals surface area contributed by atoms with Crippen molar-refractivity contribution >= 4 is 17.5 Å². The van der Waals surface area contributed by atoms with E-state index in [-0.39, 0.29) is 5.84 Å². The second kappa shape index (κ2) is 6.60. The number of nitrogens with one attached hydrogen (secondary N) is 1. The van der Waals surface area contributed by atoms with Gasteiger partial charge in [-0.15, -0.1) is 0 Å². The van der Waals surface area contributed by atoms with Crippen molar-refractivity contribution in [3.63, 3.8) is 0 Å². The molecule has 0 unspecified atom stereocenters. The highest BCUT2D eigenvalue weighted by Gasteiger charge is 2.22. The second-order valence-electron chi connectivity index (χ2n) is 6.35. The minimum atomic E-state index is 0.0792. The number of nitrogens with zero attached hydrogens (tertiary/aromatic N) is 3. The van der Waals surface area contributed by atoms with E-state index in [0.29, 0.717) is 5.95 Å². The van der Waals surface area contributed by atoms with Crippen LogP contribution < -0.4 is 16.2 Å². The molecule has 2 aromatic carbocycles. The predicted molar refractivity (Wildman–Crippen MR) is 106 cm³/mol. The summed E-state index contributed by atoms with van der Waals surface area (Å²) < 4.78 is 6.87. The average molecular weight is 360 g/mol. The van der Waals surface area contributed by atoms with Crippen LogP contribution in [-0.2, 0) is 6.42 Å². The lowest BCUT2D eigenvalue weighted by atomic mass is 10.0. The lowest BCUT2D eigenvalue weighted by Gasteiger charge is -2.06. The van der Waals surface area contributed by atoms with Crippen LogP contribution >= 0.6 is 0 Å². The summed E-state index contributed by atoms with van der Waals surface area (Å²) in [5.74, 6) is 1.15. The largest absolute Gasteiger partial charge is 0.497 e. The molecule has 5 N–H and O–H groups in total. The van der Waals surface area contributed by atoms with E-state index in [1.807, 2.05) is 48.7 Å². The molecule has 0 amide bonds. The predicted octanol–water partition coefficient (Wildman–Crippen LogP) is 2.62. The van der Waals surface area contributed by atoms with Crippen LogP contribution in [0.15, 0.2) is 53.8 Å². The van der Waals surface area contributed by atoms with Crippen LogP contribution in [0.5, 0.6) is 5.75 Å². The lowest BCUT2D eigenvalue weighted by molar-refractivity contribution is 0.415. The Kier molecular flexibility index (Phi) is 4.12. The first kappa shape index (κ1) is 16.8. The van der Waals surface area contributed by atoms with Crippen LogP contribution in [-0.4, -0.2) is 28.3 Å². The Hall–Kier alpha value is -3.61. The topological polar surface area (TPSA) is 115 Å². The number of aromatic nitrogens is 2. The first-order valence-electron chi connectivity index (χ1n) is 8.60. The molecule has 0 fully saturated rings. The summed E-state index contributed by atoms with van der Waals surface area (Å²) in [4.78, 5) is 4.42. The van der Waals surface area contributed by atoms with E-state index in [1.165, 1.54) is 0 Å². The fourth-order valence-corrected chi connectivity index (χ4v) is 3.38. The number of nitrogen functional groups attached to an aromatic ring is 2. The van der Waals surface area contributed by atoms with E-state index in [2.05, 4.69) is 4.98 Å². The second-order valence-corrected chi connectivity index (χ2v) is 6.35. The maximum Gasteiger partial charge on any atom is 0.221 e. The van der Waals surface area contributed by atoms with E-state index in [9.17, 15) is 0 Å². The molecule has 0 spiro atoms. The van der Waals surface area contributed by atoms with E-state index >= 15 is 0 Å². The number of amidine groups is 1. The van der Waals surface area contributed by atoms with Crippen molar-refractivity contribution < 1.29 is 4.74 Å². The van der Waals surface area contributed by atoms with Gasteiger partial charge in [0.25, 0.3) is 0 Å². The summed E-state index contributed by atoms with van der Waals surface area (Å²) in [6.07, 6.45) is 3.39. The van der Waals surface area contributed by atoms with Crippen molar-refractivity contribution in [3.05, 3.63) is 65.4 Å². The molecule has 1 aromatic heterocycles. The van der Waals surface area contributed by atoms with Crippen LogP contribution in [0.3, 0.4) is 0 Å². The van der Waals surface area contributed by atoms with E-state index in [0.717, 1.165) is 52.3 Å². The van der Waals surface area contributed by atoms with Crippen molar-refractivity contribution in [1.29, 1.82) is 5.41 Å². The molecular weight excluding hydrogens is 340 g/mol. The van der Waals surface area contributed by atoms with Gasteiger partial charge >= 0.3 is 0 Å². The molecule has 136 valence electrons. The summed E-state index contributed by atoms with van der Waals surface area (Å²) >= 11 is 0. The Labute approximate surface area is 156 Å². The highest BCUT2D eigenvalue weighted by Crippen LogP contribution is 2.28. The number of hydrogen-bond donors (Lipinski definition) is 3. The highest BCUT2D eigenvalue weighted by molar-refractivity contribution is 6.08. The standard InChI is InChI=1S/C20H20N6O/c1-27-13-5-2-4-12(10-13)18-11-26(20(23)24-18)25-17-9-8-14-15(17)6-3-7-16(14)19(21)22/h2-7,10-11H,8-9H2,1H3,(H3,21,22)(H2,23,24). The molecular formula is C20H20N6O. The number of imidazole rings is 1. The van der Waals surface area contributed by atoms with Gasteiger partial charge in [-0.1, -0.05) is 30.3 Å². The Morgan fingerprint density at radius 1 is 1.22 bits per heavy atom. The van der Waals surface area contributed by atoms with E-state index < -0.39 is 0 Å². The molecule has 0 saturated carbocycles. The molecule has 0 aliphatic heterocycles. The minimum absolute atomic E-state index is 0.0792. The number of rotatable bonds is 4. The van der Waals surface area contributed by atoms with Crippen molar-refractivity contribution in [1.82, 2.24) is 9.66 Å². The van der Waals surface area contributed by atoms with Gasteiger partial charge in [0.05, 0.1) is 24.7 Å². The number of anilines is 1. The zero-order chi connectivity index (χ0) is 19.0. The molecule has 0 atom stereocenters. The first-order chi connectivity index (χ1) is 13.1. The van der Waals surface area contributed by atoms with Crippen LogP contribution in [0.2, 0.25) is 0 Å². The Morgan fingerprint density at radius 3 is 2.81 bits per heavy atom. The van der Waals surface area contributed by atoms with Crippen LogP contribution in [0, 0.1) is 5.41 Å². The SMILES string of the molecule is COc1cccc(-c2cn(N=C3CCc4c(C(=N)N)cccc43)c(N)n2)c1. The van der Waals surface area contributed by atoms with Gasteiger partial charge in [0.1, 0.15) is 11.6 Å². The third-order valence-electron chi connectivity index (χ3n) is 4.70. The smallest absolute Gasteiger partial charge is 0.221 e. The lowest BCUT2D eigenvalue weighted by Crippen LogP contribution is -2.13. The summed E-state index contributed by atoms with van der Waals surface area (Å²) in [5.41, 5.74) is 17.2. The number of nitrogens with two attached hydrogens (primary N) is 2. The summed E-state index contributed by atoms with van der Waals surface area (Å²) in [6, 6.07) is 13.4. The minimum Gasteiger partial charge on any atom is -0.497 e. The van der Waals surface area contributed by atoms with Gasteiger partial charge < -0.3 is 16.2 Å². The van der Waals surface area contributed by atoms with Crippen molar-refractivity contribution in [2.45, 2.75) is 12.8 Å². The zero-order valence-electron chi connectivity index (χ0n) is 14.9. The molecule has 1 aliphatic carbocycles. The fraction of sp³-hybridized carbons (Fsp3) is 0.150. The van der Waals surface area contributed by atoms with Gasteiger partial charge in [-0.3, -0.25) is 5.41 Å². The molecule has 3 aromatic rings. The third kappa shape index (κ3) is 3.03. The molecule has 0 saturated heterocycles. The Morgan fingerprint density at radius 2 is 2.04 bits per heavy atom. The quantitative estimate of drug-likeness (QED) is 0.490. The van der Waals surface area contributed by atoms with Gasteiger partial charge in [-0.2, -0.15) is 5.10 Å². The van der Waals surface area contributed by atoms with E-state index in [4.69, 9.17) is 26.7 Å². The number of ether oxygens (including phenoxy) is 1. The molecule has 1 heterocycles. The average Bonchev–Trinajstić information content (AvgIpc) is 3.26. The van der Waals surface area contributed by atoms with Gasteiger partial charge in [-0.25, -0.2) is 9.66 Å². The van der Waals surface area contributed by atoms with Gasteiger partial charge in [0.2, 0.25) is 5.95 Å². The van der Waals surface area contributed by atoms with Crippen LogP contribution in [0.25, 0.3) is 11.3 Å². The van der Waals surface area contributed by atoms with Gasteiger partial charge in [0.15, 0.2) is 0 Å². The summed E-state index contributed by atoms with van der Waals surface area (Å²) in [5, 5.41) is 12.4. The van der Waals surface area contributed by atoms with Gasteiger partial charge in [0, 0.05) is 16.7 Å². The van der Waals surface area contributed by atoms with Gasteiger partial charge in [-0.05, 0) is 30.5 Å². The van der Waals surface area contributed by atoms with Crippen molar-refractivity contribution in [3.8, 4) is 17.0 Å². The molecule has 1 aliphatic rings. The number of methoxy groups -OCH3 is 1. The Bertz CT molecular complexity index is 1070. The number of fused-ring (bicyclic) bond motifs is 1. The molecule has 4 rings (SSSR count). The fourth-order valence-electron chi connectivity index (χ4n) is 3.38. The van der Waals surface area contributed by atoms with Crippen molar-refractivity contribution in [2.24, 2.45) is 10.8 Å². The Balaban J connectivity index is 1.72. The molecule has 27 heavy (non-hydrogen) atoms. The summed E-state index contributed by atoms with van der Waals surface area (Å²) in [6.45, 7) is 0. The number of benzene rings is 2. The van der Waals surface area contributed by atoms with E-state index in [1.54, 1.807) is 11.8 Å². The number of hydrogen-bond acceptors (Lipinski definition) is 5. The third-order valence-corrected chi connectivity index (χ3v) is 4.70. The van der Waals surface area contributed by atoms with Crippen molar-refractivity contribution in [2.75, 3.05) is 12.8 Å². The molecule has 7 nitrogen and oxygen atoms in total. The summed E-state index contributed by atoms with van der Waals surface area (Å²) in [7, 11) is 1.63. The van der Waals surface area contributed by atoms with Crippen LogP contribution in [0.4, 0.5) is 5.95 Å². The monoisotopic (exact) mass is 360 g/mol. The van der Waals surface area contributed by atoms with Crippen LogP contribution in [0.1, 0.15) is 23.1 Å². The highest BCUT2D eigenvalue weighted by atomic mass is 16.5. The maximum absolute atomic E-state index is 7.75. The normalized spacial score (nSPS) is 14.3.